The molecule has 7 nitrogen and oxygen atoms in total. The maximum atomic E-state index is 12.8. The molecule has 7 heteroatoms. The number of amides is 2. The van der Waals surface area contributed by atoms with Crippen molar-refractivity contribution >= 4 is 11.8 Å². The Morgan fingerprint density at radius 2 is 1.73 bits per heavy atom. The van der Waals surface area contributed by atoms with Gasteiger partial charge in [0.25, 0.3) is 11.8 Å². The molecule has 1 fully saturated rings. The van der Waals surface area contributed by atoms with E-state index >= 15 is 0 Å². The van der Waals surface area contributed by atoms with Gasteiger partial charge in [-0.15, -0.1) is 0 Å². The van der Waals surface area contributed by atoms with Crippen molar-refractivity contribution in [3.8, 4) is 5.75 Å². The number of para-hydroxylation sites is 1. The Kier molecular flexibility index (Phi) is 7.27. The van der Waals surface area contributed by atoms with Crippen LogP contribution in [-0.2, 0) is 6.42 Å². The van der Waals surface area contributed by atoms with Crippen LogP contribution >= 0.6 is 0 Å². The molecule has 0 unspecified atom stereocenters. The van der Waals surface area contributed by atoms with E-state index < -0.39 is 17.2 Å². The molecule has 0 radical (unpaired) electrons. The quantitative estimate of drug-likeness (QED) is 0.733. The molecule has 160 valence electrons. The monoisotopic (exact) mass is 411 g/mol. The summed E-state index contributed by atoms with van der Waals surface area (Å²) in [6, 6.07) is 7.80. The molecule has 1 saturated carbocycles. The number of aromatic nitrogens is 1. The highest BCUT2D eigenvalue weighted by Crippen LogP contribution is 2.28. The molecule has 3 rings (SSSR count). The molecule has 2 N–H and O–H groups in total. The van der Waals surface area contributed by atoms with Crippen LogP contribution in [0.15, 0.2) is 41.5 Å². The average molecular weight is 412 g/mol. The number of pyridine rings is 1. The Balaban J connectivity index is 1.81. The second kappa shape index (κ2) is 10.1. The molecule has 0 aliphatic heterocycles. The second-order valence-corrected chi connectivity index (χ2v) is 7.55. The van der Waals surface area contributed by atoms with Gasteiger partial charge in [-0.25, -0.2) is 0 Å². The molecule has 0 saturated heterocycles. The van der Waals surface area contributed by atoms with Gasteiger partial charge in [0.15, 0.2) is 0 Å². The molecule has 2 aromatic rings. The Labute approximate surface area is 176 Å². The van der Waals surface area contributed by atoms with Gasteiger partial charge in [-0.1, -0.05) is 37.5 Å². The SMILES string of the molecule is CNC(=O)c1cn(C2CCCCC2)cc(C(=O)NCCc2ccccc2OC)c1=O. The predicted molar refractivity (Wildman–Crippen MR) is 115 cm³/mol. The van der Waals surface area contributed by atoms with E-state index in [1.54, 1.807) is 19.5 Å². The fourth-order valence-corrected chi connectivity index (χ4v) is 3.96. The number of hydrogen-bond donors (Lipinski definition) is 2. The third-order valence-electron chi connectivity index (χ3n) is 5.63. The molecular weight excluding hydrogens is 382 g/mol. The van der Waals surface area contributed by atoms with Crippen molar-refractivity contribution in [2.45, 2.75) is 44.6 Å². The number of nitrogens with zero attached hydrogens (tertiary/aromatic N) is 1. The van der Waals surface area contributed by atoms with Gasteiger partial charge in [0, 0.05) is 32.0 Å². The van der Waals surface area contributed by atoms with Gasteiger partial charge in [-0.2, -0.15) is 0 Å². The number of carbonyl (C=O) groups excluding carboxylic acids is 2. The standard InChI is InChI=1S/C23H29N3O4/c1-24-22(28)18-14-26(17-9-4-3-5-10-17)15-19(21(18)27)23(29)25-13-12-16-8-6-7-11-20(16)30-2/h6-8,11,14-15,17H,3-5,9-10,12-13H2,1-2H3,(H,24,28)(H,25,29). The Morgan fingerprint density at radius 1 is 1.07 bits per heavy atom. The van der Waals surface area contributed by atoms with Crippen molar-refractivity contribution in [2.75, 3.05) is 20.7 Å². The van der Waals surface area contributed by atoms with Crippen LogP contribution in [0.2, 0.25) is 0 Å². The van der Waals surface area contributed by atoms with Crippen molar-refractivity contribution < 1.29 is 14.3 Å². The lowest BCUT2D eigenvalue weighted by Gasteiger charge is -2.25. The molecule has 0 spiro atoms. The summed E-state index contributed by atoms with van der Waals surface area (Å²) < 4.78 is 7.21. The summed E-state index contributed by atoms with van der Waals surface area (Å²) in [5, 5.41) is 5.31. The molecule has 0 bridgehead atoms. The largest absolute Gasteiger partial charge is 0.496 e. The van der Waals surface area contributed by atoms with E-state index in [9.17, 15) is 14.4 Å². The van der Waals surface area contributed by atoms with E-state index in [-0.39, 0.29) is 17.2 Å². The van der Waals surface area contributed by atoms with Crippen LogP contribution in [0, 0.1) is 0 Å². The van der Waals surface area contributed by atoms with E-state index in [1.807, 2.05) is 28.8 Å². The molecule has 0 atom stereocenters. The smallest absolute Gasteiger partial charge is 0.256 e. The number of benzene rings is 1. The Morgan fingerprint density at radius 3 is 2.40 bits per heavy atom. The summed E-state index contributed by atoms with van der Waals surface area (Å²) in [4.78, 5) is 37.9. The molecule has 1 aromatic carbocycles. The van der Waals surface area contributed by atoms with Gasteiger partial charge in [0.1, 0.15) is 16.9 Å². The van der Waals surface area contributed by atoms with Crippen LogP contribution in [0.25, 0.3) is 0 Å². The van der Waals surface area contributed by atoms with Crippen LogP contribution in [-0.4, -0.2) is 37.1 Å². The summed E-state index contributed by atoms with van der Waals surface area (Å²) in [6.45, 7) is 0.353. The zero-order valence-corrected chi connectivity index (χ0v) is 17.6. The highest BCUT2D eigenvalue weighted by atomic mass is 16.5. The molecule has 2 amide bonds. The van der Waals surface area contributed by atoms with Gasteiger partial charge >= 0.3 is 0 Å². The minimum atomic E-state index is -0.545. The minimum Gasteiger partial charge on any atom is -0.496 e. The van der Waals surface area contributed by atoms with Crippen molar-refractivity contribution in [2.24, 2.45) is 0 Å². The van der Waals surface area contributed by atoms with Crippen molar-refractivity contribution in [3.63, 3.8) is 0 Å². The van der Waals surface area contributed by atoms with E-state index in [2.05, 4.69) is 10.6 Å². The first-order valence-electron chi connectivity index (χ1n) is 10.4. The average Bonchev–Trinajstić information content (AvgIpc) is 2.79. The molecule has 1 aliphatic carbocycles. The topological polar surface area (TPSA) is 89.4 Å². The first-order valence-corrected chi connectivity index (χ1v) is 10.4. The number of nitrogens with one attached hydrogen (secondary N) is 2. The molecule has 30 heavy (non-hydrogen) atoms. The van der Waals surface area contributed by atoms with E-state index in [0.717, 1.165) is 37.0 Å². The summed E-state index contributed by atoms with van der Waals surface area (Å²) in [5.74, 6) is -0.188. The minimum absolute atomic E-state index is 0.000419. The van der Waals surface area contributed by atoms with E-state index in [4.69, 9.17) is 4.74 Å². The molecular formula is C23H29N3O4. The fraction of sp³-hybridized carbons (Fsp3) is 0.435. The van der Waals surface area contributed by atoms with E-state index in [0.29, 0.717) is 13.0 Å². The summed E-state index contributed by atoms with van der Waals surface area (Å²) in [5.41, 5.74) is 0.428. The third-order valence-corrected chi connectivity index (χ3v) is 5.63. The van der Waals surface area contributed by atoms with Crippen LogP contribution in [0.3, 0.4) is 0 Å². The number of hydrogen-bond acceptors (Lipinski definition) is 4. The van der Waals surface area contributed by atoms with Gasteiger partial charge in [-0.05, 0) is 30.9 Å². The van der Waals surface area contributed by atoms with Crippen LogP contribution in [0.4, 0.5) is 0 Å². The Bertz CT molecular complexity index is 961. The lowest BCUT2D eigenvalue weighted by Crippen LogP contribution is -2.35. The molecule has 1 heterocycles. The van der Waals surface area contributed by atoms with Crippen LogP contribution < -0.4 is 20.8 Å². The normalized spacial score (nSPS) is 14.2. The summed E-state index contributed by atoms with van der Waals surface area (Å²) >= 11 is 0. The third kappa shape index (κ3) is 4.90. The maximum absolute atomic E-state index is 12.8. The van der Waals surface area contributed by atoms with E-state index in [1.165, 1.54) is 13.5 Å². The molecule has 1 aliphatic rings. The maximum Gasteiger partial charge on any atom is 0.256 e. The fourth-order valence-electron chi connectivity index (χ4n) is 3.96. The lowest BCUT2D eigenvalue weighted by atomic mass is 9.95. The van der Waals surface area contributed by atoms with Crippen molar-refractivity contribution in [1.82, 2.24) is 15.2 Å². The molecule has 1 aromatic heterocycles. The van der Waals surface area contributed by atoms with Gasteiger partial charge in [0.05, 0.1) is 7.11 Å². The number of rotatable bonds is 7. The number of ether oxygens (including phenoxy) is 1. The zero-order chi connectivity index (χ0) is 21.5. The van der Waals surface area contributed by atoms with Gasteiger partial charge < -0.3 is 19.9 Å². The van der Waals surface area contributed by atoms with Gasteiger partial charge in [-0.3, -0.25) is 14.4 Å². The first kappa shape index (κ1) is 21.6. The number of carbonyl (C=O) groups is 2. The summed E-state index contributed by atoms with van der Waals surface area (Å²) in [7, 11) is 3.09. The number of methoxy groups -OCH3 is 1. The predicted octanol–water partition coefficient (Wildman–Crippen LogP) is 2.69. The summed E-state index contributed by atoms with van der Waals surface area (Å²) in [6.07, 6.45) is 9.11. The van der Waals surface area contributed by atoms with Crippen LogP contribution in [0.5, 0.6) is 5.75 Å². The van der Waals surface area contributed by atoms with Crippen molar-refractivity contribution in [1.29, 1.82) is 0 Å². The Hall–Kier alpha value is -3.09. The van der Waals surface area contributed by atoms with Crippen molar-refractivity contribution in [3.05, 3.63) is 63.6 Å². The highest BCUT2D eigenvalue weighted by molar-refractivity contribution is 5.99. The lowest BCUT2D eigenvalue weighted by molar-refractivity contribution is 0.0951. The first-order chi connectivity index (χ1) is 14.5. The highest BCUT2D eigenvalue weighted by Gasteiger charge is 2.22. The van der Waals surface area contributed by atoms with Crippen LogP contribution in [0.1, 0.15) is 64.4 Å². The zero-order valence-electron chi connectivity index (χ0n) is 17.6. The van der Waals surface area contributed by atoms with Gasteiger partial charge in [0.2, 0.25) is 5.43 Å². The second-order valence-electron chi connectivity index (χ2n) is 7.55.